The van der Waals surface area contributed by atoms with Gasteiger partial charge in [-0.3, -0.25) is 4.79 Å². The molecule has 30 heavy (non-hydrogen) atoms. The molecule has 2 aromatic heterocycles. The standard InChI is InChI=1S/C19H15F3N4O4/c1-8-11(16-24-13(18(28)29)9(2)30-16)17(27)26-15(23-8)12(10-6-4-3-5-7-10)14(25-26)19(20,21)22/h3-7,9,13,23H,1-2H3,(H,28,29)/t9-,13?/m0/s1. The average Bonchev–Trinajstić information content (AvgIpc) is 3.23. The van der Waals surface area contributed by atoms with Crippen molar-refractivity contribution in [2.75, 3.05) is 0 Å². The number of aliphatic imine (C=N–C) groups is 1. The second-order valence-electron chi connectivity index (χ2n) is 6.82. The molecular formula is C19H15F3N4O4. The van der Waals surface area contributed by atoms with Crippen LogP contribution in [0.15, 0.2) is 40.1 Å². The second-order valence-corrected chi connectivity index (χ2v) is 6.82. The Labute approximate surface area is 166 Å². The number of nitrogens with one attached hydrogen (secondary N) is 1. The minimum Gasteiger partial charge on any atom is -0.480 e. The topological polar surface area (TPSA) is 109 Å². The number of aliphatic carboxylic acids is 1. The number of carboxylic acid groups (broad SMARTS) is 1. The molecule has 11 heteroatoms. The quantitative estimate of drug-likeness (QED) is 0.677. The number of hydrogen-bond acceptors (Lipinski definition) is 5. The number of carboxylic acids is 1. The van der Waals surface area contributed by atoms with Gasteiger partial charge < -0.3 is 14.8 Å². The summed E-state index contributed by atoms with van der Waals surface area (Å²) < 4.78 is 47.1. The summed E-state index contributed by atoms with van der Waals surface area (Å²) in [7, 11) is 0. The van der Waals surface area contributed by atoms with Crippen LogP contribution in [0.5, 0.6) is 0 Å². The molecule has 0 saturated carbocycles. The smallest absolute Gasteiger partial charge is 0.435 e. The molecule has 0 radical (unpaired) electrons. The van der Waals surface area contributed by atoms with Gasteiger partial charge in [-0.1, -0.05) is 30.3 Å². The van der Waals surface area contributed by atoms with Crippen molar-refractivity contribution in [1.82, 2.24) is 14.6 Å². The van der Waals surface area contributed by atoms with Crippen LogP contribution < -0.4 is 5.56 Å². The van der Waals surface area contributed by atoms with E-state index >= 15 is 0 Å². The maximum Gasteiger partial charge on any atom is 0.435 e. The van der Waals surface area contributed by atoms with E-state index in [1.54, 1.807) is 18.2 Å². The van der Waals surface area contributed by atoms with Crippen LogP contribution >= 0.6 is 0 Å². The van der Waals surface area contributed by atoms with E-state index in [0.717, 1.165) is 0 Å². The third-order valence-corrected chi connectivity index (χ3v) is 4.77. The van der Waals surface area contributed by atoms with E-state index in [0.29, 0.717) is 4.52 Å². The van der Waals surface area contributed by atoms with Crippen LogP contribution in [-0.2, 0) is 15.7 Å². The number of ether oxygens (including phenoxy) is 1. The first-order chi connectivity index (χ1) is 14.1. The number of carbonyl (C=O) groups is 1. The largest absolute Gasteiger partial charge is 0.480 e. The predicted molar refractivity (Wildman–Crippen MR) is 99.5 cm³/mol. The molecule has 0 aliphatic carbocycles. The first kappa shape index (κ1) is 19.7. The third kappa shape index (κ3) is 3.02. The van der Waals surface area contributed by atoms with Gasteiger partial charge in [0.2, 0.25) is 5.90 Å². The number of aromatic nitrogens is 3. The number of rotatable bonds is 3. The van der Waals surface area contributed by atoms with Crippen molar-refractivity contribution >= 4 is 17.5 Å². The molecule has 8 nitrogen and oxygen atoms in total. The Bertz CT molecular complexity index is 1240. The number of halogens is 3. The highest BCUT2D eigenvalue weighted by Gasteiger charge is 2.40. The molecule has 0 saturated heterocycles. The Morgan fingerprint density at radius 3 is 2.47 bits per heavy atom. The number of H-pyrrole nitrogens is 1. The molecule has 2 atom stereocenters. The maximum absolute atomic E-state index is 13.7. The van der Waals surface area contributed by atoms with Crippen LogP contribution in [-0.4, -0.2) is 43.7 Å². The zero-order chi connectivity index (χ0) is 21.8. The lowest BCUT2D eigenvalue weighted by Crippen LogP contribution is -2.28. The van der Waals surface area contributed by atoms with Gasteiger partial charge >= 0.3 is 12.1 Å². The SMILES string of the molecule is Cc1[nH]c2c(-c3ccccc3)c(C(F)(F)F)nn2c(=O)c1C1=NC(C(=O)O)[C@H](C)O1. The Morgan fingerprint density at radius 2 is 1.90 bits per heavy atom. The molecule has 1 unspecified atom stereocenters. The zero-order valence-electron chi connectivity index (χ0n) is 15.7. The first-order valence-corrected chi connectivity index (χ1v) is 8.85. The van der Waals surface area contributed by atoms with Gasteiger partial charge in [0.1, 0.15) is 17.3 Å². The van der Waals surface area contributed by atoms with E-state index in [1.807, 2.05) is 0 Å². The molecule has 0 fully saturated rings. The van der Waals surface area contributed by atoms with Crippen LogP contribution in [0.3, 0.4) is 0 Å². The van der Waals surface area contributed by atoms with Gasteiger partial charge in [0.05, 0.1) is 5.56 Å². The molecule has 1 aliphatic rings. The lowest BCUT2D eigenvalue weighted by molar-refractivity contribution is -0.141. The van der Waals surface area contributed by atoms with Gasteiger partial charge in [-0.2, -0.15) is 22.8 Å². The van der Waals surface area contributed by atoms with Crippen molar-refractivity contribution in [1.29, 1.82) is 0 Å². The Morgan fingerprint density at radius 1 is 1.23 bits per heavy atom. The number of fused-ring (bicyclic) bond motifs is 1. The molecule has 1 aliphatic heterocycles. The lowest BCUT2D eigenvalue weighted by Gasteiger charge is -2.10. The summed E-state index contributed by atoms with van der Waals surface area (Å²) in [5, 5.41) is 12.7. The summed E-state index contributed by atoms with van der Waals surface area (Å²) in [5.74, 6) is -1.49. The van der Waals surface area contributed by atoms with Gasteiger partial charge in [-0.25, -0.2) is 9.79 Å². The number of alkyl halides is 3. The van der Waals surface area contributed by atoms with Crippen molar-refractivity contribution in [3.05, 3.63) is 57.6 Å². The lowest BCUT2D eigenvalue weighted by atomic mass is 10.1. The Balaban J connectivity index is 2.00. The monoisotopic (exact) mass is 420 g/mol. The summed E-state index contributed by atoms with van der Waals surface area (Å²) >= 11 is 0. The van der Waals surface area contributed by atoms with Crippen LogP contribution in [0.1, 0.15) is 23.9 Å². The van der Waals surface area contributed by atoms with Crippen LogP contribution in [0, 0.1) is 6.92 Å². The molecule has 156 valence electrons. The minimum atomic E-state index is -4.81. The average molecular weight is 420 g/mol. The summed E-state index contributed by atoms with van der Waals surface area (Å²) in [6.07, 6.45) is -5.65. The van der Waals surface area contributed by atoms with Crippen molar-refractivity contribution in [2.24, 2.45) is 4.99 Å². The molecule has 0 amide bonds. The summed E-state index contributed by atoms with van der Waals surface area (Å²) in [4.78, 5) is 31.0. The van der Waals surface area contributed by atoms with Crippen molar-refractivity contribution in [3.8, 4) is 11.1 Å². The number of aromatic amines is 1. The van der Waals surface area contributed by atoms with E-state index in [1.165, 1.54) is 26.0 Å². The molecular weight excluding hydrogens is 405 g/mol. The van der Waals surface area contributed by atoms with Gasteiger partial charge in [0, 0.05) is 5.69 Å². The first-order valence-electron chi connectivity index (χ1n) is 8.85. The number of nitrogens with zero attached hydrogens (tertiary/aromatic N) is 3. The summed E-state index contributed by atoms with van der Waals surface area (Å²) in [6, 6.07) is 6.55. The van der Waals surface area contributed by atoms with Gasteiger partial charge in [0.15, 0.2) is 11.7 Å². The van der Waals surface area contributed by atoms with Crippen molar-refractivity contribution in [2.45, 2.75) is 32.2 Å². The third-order valence-electron chi connectivity index (χ3n) is 4.77. The van der Waals surface area contributed by atoms with E-state index < -0.39 is 35.5 Å². The number of benzene rings is 1. The van der Waals surface area contributed by atoms with Crippen molar-refractivity contribution in [3.63, 3.8) is 0 Å². The van der Waals surface area contributed by atoms with Crippen molar-refractivity contribution < 1.29 is 27.8 Å². The van der Waals surface area contributed by atoms with E-state index in [9.17, 15) is 27.9 Å². The number of hydrogen-bond donors (Lipinski definition) is 2. The second kappa shape index (κ2) is 6.71. The molecule has 0 spiro atoms. The van der Waals surface area contributed by atoms with Gasteiger partial charge in [-0.05, 0) is 19.4 Å². The zero-order valence-corrected chi connectivity index (χ0v) is 15.7. The molecule has 3 heterocycles. The maximum atomic E-state index is 13.7. The van der Waals surface area contributed by atoms with E-state index in [-0.39, 0.29) is 33.9 Å². The fourth-order valence-corrected chi connectivity index (χ4v) is 3.40. The van der Waals surface area contributed by atoms with E-state index in [4.69, 9.17) is 4.74 Å². The van der Waals surface area contributed by atoms with Gasteiger partial charge in [0.25, 0.3) is 5.56 Å². The molecule has 3 aromatic rings. The molecule has 2 N–H and O–H groups in total. The van der Waals surface area contributed by atoms with Crippen LogP contribution in [0.2, 0.25) is 0 Å². The van der Waals surface area contributed by atoms with Gasteiger partial charge in [-0.15, -0.1) is 0 Å². The number of aryl methyl sites for hydroxylation is 1. The summed E-state index contributed by atoms with van der Waals surface area (Å²) in [5.41, 5.74) is -2.28. The predicted octanol–water partition coefficient (Wildman–Crippen LogP) is 2.64. The van der Waals surface area contributed by atoms with Crippen LogP contribution in [0.25, 0.3) is 16.8 Å². The molecule has 1 aromatic carbocycles. The molecule has 0 bridgehead atoms. The fourth-order valence-electron chi connectivity index (χ4n) is 3.40. The van der Waals surface area contributed by atoms with Crippen LogP contribution in [0.4, 0.5) is 13.2 Å². The van der Waals surface area contributed by atoms with E-state index in [2.05, 4.69) is 15.1 Å². The summed E-state index contributed by atoms with van der Waals surface area (Å²) in [6.45, 7) is 2.94. The highest BCUT2D eigenvalue weighted by atomic mass is 19.4. The molecule has 4 rings (SSSR count). The Kier molecular flexibility index (Phi) is 4.40. The minimum absolute atomic E-state index is 0.138. The Hall–Kier alpha value is -3.63. The normalized spacial score (nSPS) is 19.0. The fraction of sp³-hybridized carbons (Fsp3) is 0.263. The highest BCUT2D eigenvalue weighted by molar-refractivity contribution is 5.98. The highest BCUT2D eigenvalue weighted by Crippen LogP contribution is 2.38.